The van der Waals surface area contributed by atoms with E-state index < -0.39 is 0 Å². The molecule has 2 nitrogen and oxygen atoms in total. The largest absolute Gasteiger partial charge is 0.493 e. The molecule has 1 aromatic carbocycles. The Hall–Kier alpha value is -1.57. The van der Waals surface area contributed by atoms with Crippen LogP contribution in [0.5, 0.6) is 5.75 Å². The summed E-state index contributed by atoms with van der Waals surface area (Å²) in [5.41, 5.74) is 1.72. The van der Waals surface area contributed by atoms with Crippen molar-refractivity contribution in [2.45, 2.75) is 20.3 Å². The molecule has 80 valence electrons. The quantitative estimate of drug-likeness (QED) is 0.543. The Morgan fingerprint density at radius 2 is 2.00 bits per heavy atom. The van der Waals surface area contributed by atoms with Gasteiger partial charge in [-0.3, -0.25) is 4.79 Å². The molecule has 0 aliphatic carbocycles. The van der Waals surface area contributed by atoms with Gasteiger partial charge in [-0.2, -0.15) is 0 Å². The Bertz CT molecular complexity index is 367. The average molecular weight is 204 g/mol. The zero-order valence-electron chi connectivity index (χ0n) is 9.25. The average Bonchev–Trinajstić information content (AvgIpc) is 2.17. The van der Waals surface area contributed by atoms with Crippen LogP contribution in [0.1, 0.15) is 30.6 Å². The minimum Gasteiger partial charge on any atom is -0.493 e. The second-order valence-electron chi connectivity index (χ2n) is 3.61. The van der Waals surface area contributed by atoms with Crippen molar-refractivity contribution in [3.63, 3.8) is 0 Å². The van der Waals surface area contributed by atoms with Crippen molar-refractivity contribution in [1.29, 1.82) is 0 Å². The number of carbonyl (C=O) groups is 1. The molecule has 0 heterocycles. The van der Waals surface area contributed by atoms with Crippen LogP contribution in [0.15, 0.2) is 36.4 Å². The van der Waals surface area contributed by atoms with E-state index in [-0.39, 0.29) is 5.78 Å². The summed E-state index contributed by atoms with van der Waals surface area (Å²) in [4.78, 5) is 11.3. The lowest BCUT2D eigenvalue weighted by atomic mass is 10.1. The third kappa shape index (κ3) is 3.58. The highest BCUT2D eigenvalue weighted by Crippen LogP contribution is 2.18. The highest BCUT2D eigenvalue weighted by molar-refractivity contribution is 5.96. The Balaban J connectivity index is 2.67. The van der Waals surface area contributed by atoms with Gasteiger partial charge in [-0.25, -0.2) is 0 Å². The molecule has 0 fully saturated rings. The molecule has 0 saturated heterocycles. The molecular formula is C13H16O2. The predicted octanol–water partition coefficient (Wildman–Crippen LogP) is 3.23. The lowest BCUT2D eigenvalue weighted by Crippen LogP contribution is -2.02. The molecule has 0 unspecified atom stereocenters. The summed E-state index contributed by atoms with van der Waals surface area (Å²) in [6.07, 6.45) is 0.812. The predicted molar refractivity (Wildman–Crippen MR) is 61.4 cm³/mol. The number of benzene rings is 1. The molecule has 15 heavy (non-hydrogen) atoms. The molecule has 0 saturated carbocycles. The maximum absolute atomic E-state index is 11.3. The summed E-state index contributed by atoms with van der Waals surface area (Å²) < 4.78 is 5.53. The summed E-state index contributed by atoms with van der Waals surface area (Å²) in [5, 5.41) is 0. The van der Waals surface area contributed by atoms with Gasteiger partial charge in [0.05, 0.1) is 12.2 Å². The van der Waals surface area contributed by atoms with E-state index in [1.807, 2.05) is 25.1 Å². The van der Waals surface area contributed by atoms with E-state index in [1.54, 1.807) is 13.0 Å². The molecule has 0 spiro atoms. The standard InChI is InChI=1S/C13H16O2/c1-10(2)8-9-15-13-7-5-4-6-12(13)11(3)14/h4-7H,1,8-9H2,2-3H3. The summed E-state index contributed by atoms with van der Waals surface area (Å²) in [7, 11) is 0. The maximum Gasteiger partial charge on any atom is 0.163 e. The lowest BCUT2D eigenvalue weighted by molar-refractivity contribution is 0.101. The summed E-state index contributed by atoms with van der Waals surface area (Å²) >= 11 is 0. The van der Waals surface area contributed by atoms with Gasteiger partial charge in [0.2, 0.25) is 0 Å². The van der Waals surface area contributed by atoms with Crippen LogP contribution in [0.2, 0.25) is 0 Å². The number of hydrogen-bond acceptors (Lipinski definition) is 2. The van der Waals surface area contributed by atoms with Gasteiger partial charge in [0.15, 0.2) is 5.78 Å². The number of Topliss-reactive ketones (excluding diaryl/α,β-unsaturated/α-hetero) is 1. The zero-order chi connectivity index (χ0) is 11.3. The number of ketones is 1. The van der Waals surface area contributed by atoms with Crippen LogP contribution in [0, 0.1) is 0 Å². The fraction of sp³-hybridized carbons (Fsp3) is 0.308. The van der Waals surface area contributed by atoms with E-state index in [4.69, 9.17) is 4.74 Å². The van der Waals surface area contributed by atoms with E-state index in [2.05, 4.69) is 6.58 Å². The zero-order valence-corrected chi connectivity index (χ0v) is 9.25. The first-order valence-corrected chi connectivity index (χ1v) is 4.98. The molecule has 0 bridgehead atoms. The normalized spacial score (nSPS) is 9.73. The highest BCUT2D eigenvalue weighted by Gasteiger charge is 2.06. The highest BCUT2D eigenvalue weighted by atomic mass is 16.5. The van der Waals surface area contributed by atoms with Crippen LogP contribution in [0.3, 0.4) is 0 Å². The Morgan fingerprint density at radius 1 is 1.33 bits per heavy atom. The van der Waals surface area contributed by atoms with Crippen LogP contribution >= 0.6 is 0 Å². The minimum absolute atomic E-state index is 0.0286. The molecule has 1 rings (SSSR count). The van der Waals surface area contributed by atoms with Crippen molar-refractivity contribution in [3.05, 3.63) is 42.0 Å². The van der Waals surface area contributed by atoms with Crippen LogP contribution < -0.4 is 4.74 Å². The smallest absolute Gasteiger partial charge is 0.163 e. The van der Waals surface area contributed by atoms with Crippen molar-refractivity contribution >= 4 is 5.78 Å². The van der Waals surface area contributed by atoms with Crippen LogP contribution in [-0.4, -0.2) is 12.4 Å². The summed E-state index contributed by atoms with van der Waals surface area (Å²) in [6, 6.07) is 7.29. The first-order chi connectivity index (χ1) is 7.11. The van der Waals surface area contributed by atoms with Crippen molar-refractivity contribution in [2.75, 3.05) is 6.61 Å². The van der Waals surface area contributed by atoms with Crippen LogP contribution in [0.4, 0.5) is 0 Å². The van der Waals surface area contributed by atoms with Crippen LogP contribution in [-0.2, 0) is 0 Å². The lowest BCUT2D eigenvalue weighted by Gasteiger charge is -2.09. The molecule has 1 aromatic rings. The van der Waals surface area contributed by atoms with Gasteiger partial charge in [0.25, 0.3) is 0 Å². The van der Waals surface area contributed by atoms with Crippen molar-refractivity contribution in [2.24, 2.45) is 0 Å². The summed E-state index contributed by atoms with van der Waals surface area (Å²) in [5.74, 6) is 0.687. The Kier molecular flexibility index (Phi) is 4.10. The molecule has 0 radical (unpaired) electrons. The number of carbonyl (C=O) groups excluding carboxylic acids is 1. The van der Waals surface area contributed by atoms with Crippen molar-refractivity contribution < 1.29 is 9.53 Å². The third-order valence-corrected chi connectivity index (χ3v) is 2.05. The van der Waals surface area contributed by atoms with E-state index in [0.717, 1.165) is 12.0 Å². The molecule has 0 atom stereocenters. The number of hydrogen-bond donors (Lipinski definition) is 0. The van der Waals surface area contributed by atoms with E-state index >= 15 is 0 Å². The van der Waals surface area contributed by atoms with Crippen molar-refractivity contribution in [1.82, 2.24) is 0 Å². The molecule has 0 aliphatic rings. The first kappa shape index (κ1) is 11.5. The molecular weight excluding hydrogens is 188 g/mol. The van der Waals surface area contributed by atoms with Gasteiger partial charge >= 0.3 is 0 Å². The van der Waals surface area contributed by atoms with Gasteiger partial charge in [-0.1, -0.05) is 17.7 Å². The number of rotatable bonds is 5. The third-order valence-electron chi connectivity index (χ3n) is 2.05. The number of para-hydroxylation sites is 1. The van der Waals surface area contributed by atoms with Crippen LogP contribution in [0.25, 0.3) is 0 Å². The van der Waals surface area contributed by atoms with Gasteiger partial charge in [-0.15, -0.1) is 6.58 Å². The Labute approximate surface area is 90.6 Å². The van der Waals surface area contributed by atoms with Gasteiger partial charge in [0.1, 0.15) is 5.75 Å². The second-order valence-corrected chi connectivity index (χ2v) is 3.61. The maximum atomic E-state index is 11.3. The van der Waals surface area contributed by atoms with Gasteiger partial charge in [0, 0.05) is 6.42 Å². The molecule has 0 aliphatic heterocycles. The monoisotopic (exact) mass is 204 g/mol. The number of ether oxygens (including phenoxy) is 1. The first-order valence-electron chi connectivity index (χ1n) is 4.98. The molecule has 0 N–H and O–H groups in total. The summed E-state index contributed by atoms with van der Waals surface area (Å²) in [6.45, 7) is 7.87. The van der Waals surface area contributed by atoms with E-state index in [1.165, 1.54) is 0 Å². The van der Waals surface area contributed by atoms with E-state index in [0.29, 0.717) is 17.9 Å². The second kappa shape index (κ2) is 5.35. The van der Waals surface area contributed by atoms with E-state index in [9.17, 15) is 4.79 Å². The SMILES string of the molecule is C=C(C)CCOc1ccccc1C(C)=O. The fourth-order valence-electron chi connectivity index (χ4n) is 1.22. The minimum atomic E-state index is 0.0286. The Morgan fingerprint density at radius 3 is 2.60 bits per heavy atom. The van der Waals surface area contributed by atoms with Crippen molar-refractivity contribution in [3.8, 4) is 5.75 Å². The fourth-order valence-corrected chi connectivity index (χ4v) is 1.22. The molecule has 2 heteroatoms. The van der Waals surface area contributed by atoms with Gasteiger partial charge < -0.3 is 4.74 Å². The topological polar surface area (TPSA) is 26.3 Å². The molecule has 0 aromatic heterocycles. The molecule has 0 amide bonds. The van der Waals surface area contributed by atoms with Gasteiger partial charge in [-0.05, 0) is 26.0 Å².